The van der Waals surface area contributed by atoms with Crippen molar-refractivity contribution in [2.45, 2.75) is 46.6 Å². The molecule has 1 N–H and O–H groups in total. The summed E-state index contributed by atoms with van der Waals surface area (Å²) in [7, 11) is 0. The number of aromatic hydroxyl groups is 1. The lowest BCUT2D eigenvalue weighted by molar-refractivity contribution is 0.355. The van der Waals surface area contributed by atoms with E-state index < -0.39 is 0 Å². The van der Waals surface area contributed by atoms with Gasteiger partial charge in [-0.1, -0.05) is 44.2 Å². The Hall–Kier alpha value is -1.77. The van der Waals surface area contributed by atoms with Crippen molar-refractivity contribution >= 4 is 0 Å². The molecule has 1 heterocycles. The molecule has 0 bridgehead atoms. The van der Waals surface area contributed by atoms with Crippen molar-refractivity contribution in [1.82, 2.24) is 9.78 Å². The molecule has 0 unspecified atom stereocenters. The predicted molar refractivity (Wildman–Crippen MR) is 82.9 cm³/mol. The summed E-state index contributed by atoms with van der Waals surface area (Å²) in [5, 5.41) is 15.3. The first-order valence-electron chi connectivity index (χ1n) is 7.17. The van der Waals surface area contributed by atoms with Crippen LogP contribution in [0, 0.1) is 5.92 Å². The summed E-state index contributed by atoms with van der Waals surface area (Å²) >= 11 is 0. The van der Waals surface area contributed by atoms with Crippen LogP contribution in [0.4, 0.5) is 0 Å². The third-order valence-corrected chi connectivity index (χ3v) is 3.21. The second kappa shape index (κ2) is 5.31. The van der Waals surface area contributed by atoms with Crippen molar-refractivity contribution in [3.8, 4) is 17.0 Å². The highest BCUT2D eigenvalue weighted by atomic mass is 16.3. The van der Waals surface area contributed by atoms with Gasteiger partial charge < -0.3 is 5.11 Å². The maximum absolute atomic E-state index is 10.6. The minimum Gasteiger partial charge on any atom is -0.504 e. The smallest absolute Gasteiger partial charge is 0.164 e. The average molecular weight is 272 g/mol. The lowest BCUT2D eigenvalue weighted by Gasteiger charge is -2.22. The first-order chi connectivity index (χ1) is 9.30. The zero-order valence-corrected chi connectivity index (χ0v) is 13.0. The number of hydrogen-bond donors (Lipinski definition) is 1. The highest BCUT2D eigenvalue weighted by Crippen LogP contribution is 2.36. The van der Waals surface area contributed by atoms with E-state index in [0.717, 1.165) is 23.4 Å². The Labute approximate surface area is 121 Å². The van der Waals surface area contributed by atoms with Gasteiger partial charge in [-0.25, -0.2) is 0 Å². The molecule has 0 saturated carbocycles. The summed E-state index contributed by atoms with van der Waals surface area (Å²) < 4.78 is 1.94. The molecule has 2 aromatic rings. The van der Waals surface area contributed by atoms with Gasteiger partial charge in [-0.05, 0) is 33.1 Å². The van der Waals surface area contributed by atoms with Crippen LogP contribution in [-0.2, 0) is 12.0 Å². The monoisotopic (exact) mass is 272 g/mol. The molecule has 0 fully saturated rings. The maximum Gasteiger partial charge on any atom is 0.164 e. The normalized spacial score (nSPS) is 12.1. The van der Waals surface area contributed by atoms with Gasteiger partial charge in [-0.2, -0.15) is 5.10 Å². The SMILES string of the molecule is CC(C)Cc1nn(C(C)(C)C)c(-c2ccccc2)c1O. The first kappa shape index (κ1) is 14.6. The van der Waals surface area contributed by atoms with E-state index in [9.17, 15) is 5.11 Å². The van der Waals surface area contributed by atoms with Crippen LogP contribution < -0.4 is 0 Å². The Morgan fingerprint density at radius 2 is 1.75 bits per heavy atom. The molecule has 0 aliphatic rings. The van der Waals surface area contributed by atoms with Gasteiger partial charge in [0.2, 0.25) is 0 Å². The molecule has 0 atom stereocenters. The number of aromatic nitrogens is 2. The lowest BCUT2D eigenvalue weighted by atomic mass is 10.0. The van der Waals surface area contributed by atoms with E-state index in [-0.39, 0.29) is 5.54 Å². The van der Waals surface area contributed by atoms with Crippen molar-refractivity contribution in [2.75, 3.05) is 0 Å². The second-order valence-electron chi connectivity index (χ2n) is 6.69. The van der Waals surface area contributed by atoms with Crippen LogP contribution >= 0.6 is 0 Å². The molecule has 0 aliphatic carbocycles. The van der Waals surface area contributed by atoms with Gasteiger partial charge in [0, 0.05) is 5.56 Å². The van der Waals surface area contributed by atoms with Gasteiger partial charge in [-0.15, -0.1) is 0 Å². The van der Waals surface area contributed by atoms with Gasteiger partial charge in [-0.3, -0.25) is 4.68 Å². The molecule has 0 radical (unpaired) electrons. The summed E-state index contributed by atoms with van der Waals surface area (Å²) in [6.07, 6.45) is 0.786. The van der Waals surface area contributed by atoms with Crippen LogP contribution in [0.2, 0.25) is 0 Å². The molecule has 3 nitrogen and oxygen atoms in total. The van der Waals surface area contributed by atoms with Crippen molar-refractivity contribution in [3.05, 3.63) is 36.0 Å². The highest BCUT2D eigenvalue weighted by molar-refractivity contribution is 5.68. The molecular weight excluding hydrogens is 248 g/mol. The molecule has 1 aromatic heterocycles. The standard InChI is InChI=1S/C17H24N2O/c1-12(2)11-14-16(20)15(13-9-7-6-8-10-13)19(18-14)17(3,4)5/h6-10,12,20H,11H2,1-5H3. The van der Waals surface area contributed by atoms with Crippen molar-refractivity contribution in [2.24, 2.45) is 5.92 Å². The fraction of sp³-hybridized carbons (Fsp3) is 0.471. The van der Waals surface area contributed by atoms with E-state index in [1.165, 1.54) is 0 Å². The lowest BCUT2D eigenvalue weighted by Crippen LogP contribution is -2.24. The molecule has 0 aliphatic heterocycles. The van der Waals surface area contributed by atoms with E-state index in [4.69, 9.17) is 0 Å². The topological polar surface area (TPSA) is 38.0 Å². The number of hydrogen-bond acceptors (Lipinski definition) is 2. The van der Waals surface area contributed by atoms with Crippen molar-refractivity contribution in [3.63, 3.8) is 0 Å². The van der Waals surface area contributed by atoms with E-state index in [1.807, 2.05) is 35.0 Å². The molecule has 1 aromatic carbocycles. The van der Waals surface area contributed by atoms with Gasteiger partial charge in [0.15, 0.2) is 5.75 Å². The minimum absolute atomic E-state index is 0.169. The molecule has 2 rings (SSSR count). The Morgan fingerprint density at radius 1 is 1.15 bits per heavy atom. The molecule has 108 valence electrons. The zero-order valence-electron chi connectivity index (χ0n) is 13.0. The molecule has 0 spiro atoms. The molecule has 20 heavy (non-hydrogen) atoms. The summed E-state index contributed by atoms with van der Waals surface area (Å²) in [5.41, 5.74) is 2.43. The van der Waals surface area contributed by atoms with Crippen LogP contribution in [0.25, 0.3) is 11.3 Å². The zero-order chi connectivity index (χ0) is 14.9. The van der Waals surface area contributed by atoms with E-state index in [0.29, 0.717) is 11.7 Å². The molecule has 3 heteroatoms. The Morgan fingerprint density at radius 3 is 2.25 bits per heavy atom. The van der Waals surface area contributed by atoms with Crippen LogP contribution in [0.1, 0.15) is 40.3 Å². The number of benzene rings is 1. The van der Waals surface area contributed by atoms with Gasteiger partial charge in [0.1, 0.15) is 11.4 Å². The third kappa shape index (κ3) is 2.87. The van der Waals surface area contributed by atoms with Crippen LogP contribution in [0.3, 0.4) is 0 Å². The van der Waals surface area contributed by atoms with Crippen LogP contribution in [0.15, 0.2) is 30.3 Å². The van der Waals surface area contributed by atoms with Crippen molar-refractivity contribution in [1.29, 1.82) is 0 Å². The van der Waals surface area contributed by atoms with E-state index in [1.54, 1.807) is 0 Å². The highest BCUT2D eigenvalue weighted by Gasteiger charge is 2.25. The summed E-state index contributed by atoms with van der Waals surface area (Å²) in [6, 6.07) is 9.97. The molecular formula is C17H24N2O. The van der Waals surface area contributed by atoms with Gasteiger partial charge in [0.05, 0.1) is 5.54 Å². The third-order valence-electron chi connectivity index (χ3n) is 3.21. The van der Waals surface area contributed by atoms with Gasteiger partial charge >= 0.3 is 0 Å². The fourth-order valence-electron chi connectivity index (χ4n) is 2.32. The summed E-state index contributed by atoms with van der Waals surface area (Å²) in [4.78, 5) is 0. The van der Waals surface area contributed by atoms with E-state index >= 15 is 0 Å². The number of nitrogens with zero attached hydrogens (tertiary/aromatic N) is 2. The molecule has 0 saturated heterocycles. The number of rotatable bonds is 3. The van der Waals surface area contributed by atoms with Crippen LogP contribution in [-0.4, -0.2) is 14.9 Å². The second-order valence-corrected chi connectivity index (χ2v) is 6.69. The van der Waals surface area contributed by atoms with Crippen molar-refractivity contribution < 1.29 is 5.11 Å². The first-order valence-corrected chi connectivity index (χ1v) is 7.17. The average Bonchev–Trinajstić information content (AvgIpc) is 2.67. The van der Waals surface area contributed by atoms with Crippen LogP contribution in [0.5, 0.6) is 5.75 Å². The Bertz CT molecular complexity index is 577. The minimum atomic E-state index is -0.169. The predicted octanol–water partition coefficient (Wildman–Crippen LogP) is 4.21. The Kier molecular flexibility index (Phi) is 3.89. The maximum atomic E-state index is 10.6. The van der Waals surface area contributed by atoms with Gasteiger partial charge in [0.25, 0.3) is 0 Å². The summed E-state index contributed by atoms with van der Waals surface area (Å²) in [6.45, 7) is 10.6. The Balaban J connectivity index is 2.62. The largest absolute Gasteiger partial charge is 0.504 e. The fourth-order valence-corrected chi connectivity index (χ4v) is 2.32. The quantitative estimate of drug-likeness (QED) is 0.909. The van der Waals surface area contributed by atoms with E-state index in [2.05, 4.69) is 39.7 Å². The molecule has 0 amide bonds. The summed E-state index contributed by atoms with van der Waals surface area (Å²) in [5.74, 6) is 0.785.